The van der Waals surface area contributed by atoms with E-state index in [1.807, 2.05) is 25.1 Å². The molecule has 0 aliphatic heterocycles. The van der Waals surface area contributed by atoms with Crippen LogP contribution < -0.4 is 0 Å². The van der Waals surface area contributed by atoms with Crippen molar-refractivity contribution in [3.8, 4) is 0 Å². The monoisotopic (exact) mass is 240 g/mol. The summed E-state index contributed by atoms with van der Waals surface area (Å²) in [5, 5.41) is 0. The summed E-state index contributed by atoms with van der Waals surface area (Å²) in [5.41, 5.74) is 2.37. The van der Waals surface area contributed by atoms with Crippen LogP contribution in [-0.4, -0.2) is 11.6 Å². The topological polar surface area (TPSA) is 34.1 Å². The molecule has 0 aromatic heterocycles. The maximum absolute atomic E-state index is 12.7. The van der Waals surface area contributed by atoms with E-state index in [0.29, 0.717) is 17.4 Å². The maximum atomic E-state index is 12.7. The predicted molar refractivity (Wildman–Crippen MR) is 67.7 cm³/mol. The van der Waals surface area contributed by atoms with Crippen molar-refractivity contribution in [1.29, 1.82) is 0 Å². The highest BCUT2D eigenvalue weighted by atomic mass is 16.1. The molecule has 2 bridgehead atoms. The smallest absolute Gasteiger partial charge is 0.167 e. The number of benzene rings is 1. The van der Waals surface area contributed by atoms with Gasteiger partial charge in [-0.05, 0) is 43.6 Å². The molecule has 0 spiro atoms. The predicted octanol–water partition coefficient (Wildman–Crippen LogP) is 3.04. The third-order valence-corrected chi connectivity index (χ3v) is 5.31. The Labute approximate surface area is 106 Å². The Hall–Kier alpha value is -1.44. The number of carbonyl (C=O) groups is 2. The Morgan fingerprint density at radius 2 is 1.67 bits per heavy atom. The highest BCUT2D eigenvalue weighted by Gasteiger charge is 2.56. The molecule has 0 saturated heterocycles. The minimum atomic E-state index is 0.00449. The maximum Gasteiger partial charge on any atom is 0.167 e. The average molecular weight is 240 g/mol. The van der Waals surface area contributed by atoms with Gasteiger partial charge in [0.25, 0.3) is 0 Å². The summed E-state index contributed by atoms with van der Waals surface area (Å²) < 4.78 is 0. The molecule has 0 N–H and O–H groups in total. The molecule has 4 unspecified atom stereocenters. The summed E-state index contributed by atoms with van der Waals surface area (Å²) in [5.74, 6) is 1.45. The molecule has 2 saturated carbocycles. The average Bonchev–Trinajstić information content (AvgIpc) is 2.96. The van der Waals surface area contributed by atoms with E-state index < -0.39 is 0 Å². The molecule has 3 aliphatic rings. The van der Waals surface area contributed by atoms with Gasteiger partial charge in [-0.3, -0.25) is 9.59 Å². The lowest BCUT2D eigenvalue weighted by atomic mass is 9.67. The molecule has 4 atom stereocenters. The molecule has 1 aromatic rings. The second-order valence-corrected chi connectivity index (χ2v) is 6.11. The van der Waals surface area contributed by atoms with E-state index in [-0.39, 0.29) is 23.4 Å². The number of hydrogen-bond donors (Lipinski definition) is 0. The summed E-state index contributed by atoms with van der Waals surface area (Å²) in [4.78, 5) is 25.3. The SMILES string of the molecule is Cc1cccc2c1C(=O)C1C3CCC(C3)C1C2=O. The van der Waals surface area contributed by atoms with Crippen molar-refractivity contribution in [3.05, 3.63) is 34.9 Å². The quantitative estimate of drug-likeness (QED) is 0.698. The van der Waals surface area contributed by atoms with Crippen LogP contribution in [-0.2, 0) is 0 Å². The molecule has 0 amide bonds. The van der Waals surface area contributed by atoms with Crippen molar-refractivity contribution >= 4 is 11.6 Å². The minimum Gasteiger partial charge on any atom is -0.294 e. The number of hydrogen-bond acceptors (Lipinski definition) is 2. The molecule has 2 fully saturated rings. The van der Waals surface area contributed by atoms with Crippen molar-refractivity contribution in [1.82, 2.24) is 0 Å². The lowest BCUT2D eigenvalue weighted by molar-refractivity contribution is 0.0660. The fourth-order valence-electron chi connectivity index (χ4n) is 4.59. The Morgan fingerprint density at radius 1 is 1.00 bits per heavy atom. The minimum absolute atomic E-state index is 0.00449. The summed E-state index contributed by atoms with van der Waals surface area (Å²) >= 11 is 0. The first-order valence-corrected chi connectivity index (χ1v) is 6.86. The summed E-state index contributed by atoms with van der Waals surface area (Å²) in [7, 11) is 0. The Balaban J connectivity index is 1.94. The van der Waals surface area contributed by atoms with Gasteiger partial charge in [-0.25, -0.2) is 0 Å². The van der Waals surface area contributed by atoms with E-state index in [1.54, 1.807) is 0 Å². The second kappa shape index (κ2) is 3.31. The standard InChI is InChI=1S/C16H16O2/c1-8-3-2-4-11-12(8)16(18)14-10-6-5-9(7-10)13(14)15(11)17/h2-4,9-10,13-14H,5-7H2,1H3. The van der Waals surface area contributed by atoms with Crippen molar-refractivity contribution in [3.63, 3.8) is 0 Å². The third-order valence-electron chi connectivity index (χ3n) is 5.31. The summed E-state index contributed by atoms with van der Waals surface area (Å²) in [6, 6.07) is 5.68. The van der Waals surface area contributed by atoms with E-state index in [9.17, 15) is 9.59 Å². The number of rotatable bonds is 0. The zero-order valence-electron chi connectivity index (χ0n) is 10.5. The van der Waals surface area contributed by atoms with E-state index in [1.165, 1.54) is 0 Å². The highest BCUT2D eigenvalue weighted by Crippen LogP contribution is 2.56. The Morgan fingerprint density at radius 3 is 2.39 bits per heavy atom. The first-order valence-electron chi connectivity index (χ1n) is 6.86. The van der Waals surface area contributed by atoms with Crippen LogP contribution in [0.2, 0.25) is 0 Å². The Bertz CT molecular complexity index is 572. The van der Waals surface area contributed by atoms with Crippen molar-refractivity contribution < 1.29 is 9.59 Å². The van der Waals surface area contributed by atoms with Gasteiger partial charge in [0.2, 0.25) is 0 Å². The van der Waals surface area contributed by atoms with Crippen LogP contribution in [0.25, 0.3) is 0 Å². The molecule has 0 heterocycles. The first kappa shape index (κ1) is 10.5. The van der Waals surface area contributed by atoms with Crippen molar-refractivity contribution in [2.75, 3.05) is 0 Å². The van der Waals surface area contributed by atoms with Crippen LogP contribution in [0, 0.1) is 30.6 Å². The van der Waals surface area contributed by atoms with Gasteiger partial charge >= 0.3 is 0 Å². The van der Waals surface area contributed by atoms with E-state index in [4.69, 9.17) is 0 Å². The molecule has 3 aliphatic carbocycles. The first-order chi connectivity index (χ1) is 8.68. The largest absolute Gasteiger partial charge is 0.294 e. The van der Waals surface area contributed by atoms with Crippen molar-refractivity contribution in [2.24, 2.45) is 23.7 Å². The van der Waals surface area contributed by atoms with Crippen LogP contribution in [0.4, 0.5) is 0 Å². The van der Waals surface area contributed by atoms with Gasteiger partial charge in [0.15, 0.2) is 11.6 Å². The number of aryl methyl sites for hydroxylation is 1. The molecule has 4 rings (SSSR count). The van der Waals surface area contributed by atoms with Crippen LogP contribution in [0.15, 0.2) is 18.2 Å². The van der Waals surface area contributed by atoms with E-state index in [0.717, 1.165) is 30.4 Å². The Kier molecular flexibility index (Phi) is 1.93. The summed E-state index contributed by atoms with van der Waals surface area (Å²) in [6.45, 7) is 1.94. The van der Waals surface area contributed by atoms with Crippen molar-refractivity contribution in [2.45, 2.75) is 26.2 Å². The van der Waals surface area contributed by atoms with Gasteiger partial charge in [-0.2, -0.15) is 0 Å². The van der Waals surface area contributed by atoms with Crippen LogP contribution in [0.5, 0.6) is 0 Å². The molecule has 1 aromatic carbocycles. The molecule has 92 valence electrons. The highest BCUT2D eigenvalue weighted by molar-refractivity contribution is 6.17. The molecule has 18 heavy (non-hydrogen) atoms. The van der Waals surface area contributed by atoms with Crippen LogP contribution in [0.3, 0.4) is 0 Å². The van der Waals surface area contributed by atoms with Gasteiger partial charge in [-0.1, -0.05) is 18.2 Å². The number of carbonyl (C=O) groups excluding carboxylic acids is 2. The van der Waals surface area contributed by atoms with Gasteiger partial charge in [0, 0.05) is 23.0 Å². The summed E-state index contributed by atoms with van der Waals surface area (Å²) in [6.07, 6.45) is 3.39. The van der Waals surface area contributed by atoms with Gasteiger partial charge in [0.05, 0.1) is 0 Å². The second-order valence-electron chi connectivity index (χ2n) is 6.11. The van der Waals surface area contributed by atoms with Crippen LogP contribution in [0.1, 0.15) is 45.5 Å². The fourth-order valence-corrected chi connectivity index (χ4v) is 4.59. The normalized spacial score (nSPS) is 36.7. The zero-order valence-corrected chi connectivity index (χ0v) is 10.5. The number of ketones is 2. The molecule has 2 nitrogen and oxygen atoms in total. The lowest BCUT2D eigenvalue weighted by Crippen LogP contribution is -2.40. The lowest BCUT2D eigenvalue weighted by Gasteiger charge is -2.34. The van der Waals surface area contributed by atoms with E-state index in [2.05, 4.69) is 0 Å². The third kappa shape index (κ3) is 1.09. The van der Waals surface area contributed by atoms with E-state index >= 15 is 0 Å². The zero-order chi connectivity index (χ0) is 12.4. The molecular formula is C16H16O2. The van der Waals surface area contributed by atoms with Crippen LogP contribution >= 0.6 is 0 Å². The fraction of sp³-hybridized carbons (Fsp3) is 0.500. The number of fused-ring (bicyclic) bond motifs is 6. The molecule has 2 heteroatoms. The number of Topliss-reactive ketones (excluding diaryl/α,β-unsaturated/α-hetero) is 2. The van der Waals surface area contributed by atoms with Gasteiger partial charge < -0.3 is 0 Å². The van der Waals surface area contributed by atoms with Gasteiger partial charge in [0.1, 0.15) is 0 Å². The molecular weight excluding hydrogens is 224 g/mol. The molecule has 0 radical (unpaired) electrons. The van der Waals surface area contributed by atoms with Gasteiger partial charge in [-0.15, -0.1) is 0 Å².